The van der Waals surface area contributed by atoms with Crippen LogP contribution in [0.2, 0.25) is 0 Å². The first-order valence-corrected chi connectivity index (χ1v) is 11.1. The summed E-state index contributed by atoms with van der Waals surface area (Å²) in [6.07, 6.45) is 2.34. The monoisotopic (exact) mass is 529 g/mol. The number of aliphatic imine (C=N–C) groups is 1. The Labute approximate surface area is 190 Å². The summed E-state index contributed by atoms with van der Waals surface area (Å²) in [4.78, 5) is 13.6. The molecular formula is C20H28IN5O2S. The highest BCUT2D eigenvalue weighted by atomic mass is 127. The number of benzene rings is 1. The van der Waals surface area contributed by atoms with E-state index in [1.807, 2.05) is 30.5 Å². The van der Waals surface area contributed by atoms with Gasteiger partial charge in [0.2, 0.25) is 0 Å². The standard InChI is InChI=1S/C20H27N5O2S.HI/c1-21-20(23-12-7-17-28(26,27)18-8-3-2-4-9-18)25-15-13-24(14-16-25)19-10-5-6-11-22-19;/h2-6,8-11H,7,12-17H2,1H3,(H,21,23);1H. The van der Waals surface area contributed by atoms with E-state index in [-0.39, 0.29) is 29.7 Å². The van der Waals surface area contributed by atoms with Gasteiger partial charge in [0, 0.05) is 46.0 Å². The first-order chi connectivity index (χ1) is 13.6. The SMILES string of the molecule is CN=C(NCCCS(=O)(=O)c1ccccc1)N1CCN(c2ccccn2)CC1.I. The molecule has 1 aliphatic rings. The maximum Gasteiger partial charge on any atom is 0.193 e. The van der Waals surface area contributed by atoms with Crippen molar-refractivity contribution in [1.82, 2.24) is 15.2 Å². The van der Waals surface area contributed by atoms with Crippen LogP contribution in [0.15, 0.2) is 64.6 Å². The van der Waals surface area contributed by atoms with Gasteiger partial charge < -0.3 is 15.1 Å². The van der Waals surface area contributed by atoms with Crippen LogP contribution in [-0.4, -0.2) is 69.8 Å². The molecule has 0 saturated carbocycles. The van der Waals surface area contributed by atoms with Gasteiger partial charge in [-0.3, -0.25) is 4.99 Å². The quantitative estimate of drug-likeness (QED) is 0.268. The fourth-order valence-electron chi connectivity index (χ4n) is 3.23. The van der Waals surface area contributed by atoms with E-state index < -0.39 is 9.84 Å². The lowest BCUT2D eigenvalue weighted by Gasteiger charge is -2.37. The Morgan fingerprint density at radius 1 is 1.07 bits per heavy atom. The molecule has 29 heavy (non-hydrogen) atoms. The fourth-order valence-corrected chi connectivity index (χ4v) is 4.56. The van der Waals surface area contributed by atoms with Gasteiger partial charge in [-0.1, -0.05) is 24.3 Å². The van der Waals surface area contributed by atoms with Gasteiger partial charge >= 0.3 is 0 Å². The summed E-state index contributed by atoms with van der Waals surface area (Å²) in [5, 5.41) is 3.30. The molecular weight excluding hydrogens is 501 g/mol. The number of guanidine groups is 1. The third-order valence-electron chi connectivity index (χ3n) is 4.74. The maximum atomic E-state index is 12.3. The Balaban J connectivity index is 0.00000300. The van der Waals surface area contributed by atoms with Gasteiger partial charge in [0.25, 0.3) is 0 Å². The lowest BCUT2D eigenvalue weighted by molar-refractivity contribution is 0.371. The van der Waals surface area contributed by atoms with Crippen molar-refractivity contribution < 1.29 is 8.42 Å². The molecule has 3 rings (SSSR count). The van der Waals surface area contributed by atoms with Crippen LogP contribution in [0.5, 0.6) is 0 Å². The Hall–Kier alpha value is -1.88. The molecule has 7 nitrogen and oxygen atoms in total. The van der Waals surface area contributed by atoms with Gasteiger partial charge in [0.1, 0.15) is 5.82 Å². The molecule has 1 fully saturated rings. The van der Waals surface area contributed by atoms with E-state index in [9.17, 15) is 8.42 Å². The van der Waals surface area contributed by atoms with Gasteiger partial charge in [0.15, 0.2) is 15.8 Å². The van der Waals surface area contributed by atoms with E-state index in [4.69, 9.17) is 0 Å². The third kappa shape index (κ3) is 6.56. The molecule has 0 atom stereocenters. The van der Waals surface area contributed by atoms with Gasteiger partial charge in [-0.05, 0) is 30.7 Å². The Bertz CT molecular complexity index is 870. The van der Waals surface area contributed by atoms with Crippen LogP contribution in [0.3, 0.4) is 0 Å². The molecule has 0 radical (unpaired) electrons. The summed E-state index contributed by atoms with van der Waals surface area (Å²) < 4.78 is 24.7. The topological polar surface area (TPSA) is 77.9 Å². The zero-order chi connectivity index (χ0) is 19.8. The Morgan fingerprint density at radius 2 is 1.76 bits per heavy atom. The second kappa shape index (κ2) is 11.3. The zero-order valence-electron chi connectivity index (χ0n) is 16.6. The van der Waals surface area contributed by atoms with Crippen molar-refractivity contribution in [2.45, 2.75) is 11.3 Å². The van der Waals surface area contributed by atoms with Gasteiger partial charge in [-0.25, -0.2) is 13.4 Å². The molecule has 0 amide bonds. The number of hydrogen-bond acceptors (Lipinski definition) is 5. The van der Waals surface area contributed by atoms with Crippen LogP contribution in [0, 0.1) is 0 Å². The third-order valence-corrected chi connectivity index (χ3v) is 6.56. The second-order valence-corrected chi connectivity index (χ2v) is 8.73. The fraction of sp³-hybridized carbons (Fsp3) is 0.400. The molecule has 2 aromatic rings. The molecule has 9 heteroatoms. The summed E-state index contributed by atoms with van der Waals surface area (Å²) in [5.74, 6) is 1.93. The normalized spacial score (nSPS) is 15.0. The lowest BCUT2D eigenvalue weighted by atomic mass is 10.3. The smallest absolute Gasteiger partial charge is 0.193 e. The van der Waals surface area contributed by atoms with Crippen LogP contribution in [-0.2, 0) is 9.84 Å². The molecule has 1 aliphatic heterocycles. The molecule has 1 saturated heterocycles. The van der Waals surface area contributed by atoms with Crippen LogP contribution >= 0.6 is 24.0 Å². The first kappa shape index (κ1) is 23.4. The summed E-state index contributed by atoms with van der Waals surface area (Å²) in [7, 11) is -1.48. The second-order valence-electron chi connectivity index (χ2n) is 6.62. The molecule has 0 spiro atoms. The van der Waals surface area contributed by atoms with Crippen molar-refractivity contribution in [3.05, 3.63) is 54.7 Å². The highest BCUT2D eigenvalue weighted by molar-refractivity contribution is 14.0. The van der Waals surface area contributed by atoms with Crippen LogP contribution in [0.1, 0.15) is 6.42 Å². The number of nitrogens with one attached hydrogen (secondary N) is 1. The molecule has 1 aromatic heterocycles. The predicted molar refractivity (Wildman–Crippen MR) is 128 cm³/mol. The first-order valence-electron chi connectivity index (χ1n) is 9.49. The highest BCUT2D eigenvalue weighted by Crippen LogP contribution is 2.13. The van der Waals surface area contributed by atoms with Crippen molar-refractivity contribution in [3.63, 3.8) is 0 Å². The number of piperazine rings is 1. The van der Waals surface area contributed by atoms with Crippen molar-refractivity contribution >= 4 is 45.6 Å². The summed E-state index contributed by atoms with van der Waals surface area (Å²) in [5.41, 5.74) is 0. The lowest BCUT2D eigenvalue weighted by Crippen LogP contribution is -2.52. The zero-order valence-corrected chi connectivity index (χ0v) is 19.7. The van der Waals surface area contributed by atoms with Gasteiger partial charge in [0.05, 0.1) is 10.6 Å². The Morgan fingerprint density at radius 3 is 2.38 bits per heavy atom. The number of hydrogen-bond donors (Lipinski definition) is 1. The molecule has 1 aromatic carbocycles. The average Bonchev–Trinajstić information content (AvgIpc) is 2.75. The molecule has 2 heterocycles. The minimum atomic E-state index is -3.23. The van der Waals surface area contributed by atoms with Crippen molar-refractivity contribution in [2.75, 3.05) is 50.4 Å². The number of anilines is 1. The largest absolute Gasteiger partial charge is 0.356 e. The molecule has 158 valence electrons. The number of aromatic nitrogens is 1. The van der Waals surface area contributed by atoms with E-state index in [0.29, 0.717) is 17.9 Å². The molecule has 0 aliphatic carbocycles. The molecule has 0 bridgehead atoms. The molecule has 1 N–H and O–H groups in total. The van der Waals surface area contributed by atoms with E-state index in [1.54, 1.807) is 31.3 Å². The summed E-state index contributed by atoms with van der Waals surface area (Å²) in [6.45, 7) is 4.01. The number of rotatable bonds is 6. The Kier molecular flexibility index (Phi) is 9.15. The van der Waals surface area contributed by atoms with E-state index in [0.717, 1.165) is 38.0 Å². The van der Waals surface area contributed by atoms with Gasteiger partial charge in [-0.15, -0.1) is 24.0 Å². The maximum absolute atomic E-state index is 12.3. The number of nitrogens with zero attached hydrogens (tertiary/aromatic N) is 4. The predicted octanol–water partition coefficient (Wildman–Crippen LogP) is 2.26. The van der Waals surface area contributed by atoms with E-state index in [2.05, 4.69) is 25.1 Å². The van der Waals surface area contributed by atoms with E-state index in [1.165, 1.54) is 0 Å². The number of halogens is 1. The molecule has 0 unspecified atom stereocenters. The average molecular weight is 529 g/mol. The minimum Gasteiger partial charge on any atom is -0.356 e. The number of pyridine rings is 1. The van der Waals surface area contributed by atoms with Crippen LogP contribution in [0.4, 0.5) is 5.82 Å². The minimum absolute atomic E-state index is 0. The highest BCUT2D eigenvalue weighted by Gasteiger charge is 2.20. The van der Waals surface area contributed by atoms with Crippen molar-refractivity contribution in [1.29, 1.82) is 0 Å². The summed E-state index contributed by atoms with van der Waals surface area (Å²) in [6, 6.07) is 14.5. The van der Waals surface area contributed by atoms with Crippen LogP contribution in [0.25, 0.3) is 0 Å². The van der Waals surface area contributed by atoms with Crippen molar-refractivity contribution in [2.24, 2.45) is 4.99 Å². The van der Waals surface area contributed by atoms with Gasteiger partial charge in [-0.2, -0.15) is 0 Å². The van der Waals surface area contributed by atoms with Crippen molar-refractivity contribution in [3.8, 4) is 0 Å². The van der Waals surface area contributed by atoms with E-state index >= 15 is 0 Å². The summed E-state index contributed by atoms with van der Waals surface area (Å²) >= 11 is 0. The number of sulfone groups is 1. The van der Waals surface area contributed by atoms with Crippen LogP contribution < -0.4 is 10.2 Å².